The van der Waals surface area contributed by atoms with Crippen molar-refractivity contribution in [2.75, 3.05) is 7.11 Å². The van der Waals surface area contributed by atoms with Gasteiger partial charge in [0.2, 0.25) is 0 Å². The molecule has 2 aromatic carbocycles. The van der Waals surface area contributed by atoms with Crippen LogP contribution in [0.1, 0.15) is 17.3 Å². The van der Waals surface area contributed by atoms with E-state index >= 15 is 0 Å². The highest BCUT2D eigenvalue weighted by Crippen LogP contribution is 2.37. The first-order valence-electron chi connectivity index (χ1n) is 4.94. The fraction of sp³-hybridized carbons (Fsp3) is 0.154. The van der Waals surface area contributed by atoms with E-state index in [1.807, 2.05) is 24.3 Å². The van der Waals surface area contributed by atoms with Crippen LogP contribution in [0.2, 0.25) is 0 Å². The molecule has 2 aromatic rings. The molecule has 0 atom stereocenters. The Bertz CT molecular complexity index is 558. The third-order valence-electron chi connectivity index (χ3n) is 2.56. The Labute approximate surface area is 93.3 Å². The fourth-order valence-electron chi connectivity index (χ4n) is 1.78. The Balaban J connectivity index is 2.88. The van der Waals surface area contributed by atoms with Crippen LogP contribution in [0.25, 0.3) is 10.8 Å². The molecule has 2 rings (SSSR count). The first-order chi connectivity index (χ1) is 7.65. The minimum atomic E-state index is -0.179. The summed E-state index contributed by atoms with van der Waals surface area (Å²) in [7, 11) is 1.48. The van der Waals surface area contributed by atoms with Crippen LogP contribution in [0.15, 0.2) is 30.3 Å². The Hall–Kier alpha value is -2.03. The van der Waals surface area contributed by atoms with Gasteiger partial charge in [0, 0.05) is 5.39 Å². The molecule has 0 aromatic heterocycles. The lowest BCUT2D eigenvalue weighted by Gasteiger charge is -2.10. The highest BCUT2D eigenvalue weighted by Gasteiger charge is 2.15. The van der Waals surface area contributed by atoms with Crippen molar-refractivity contribution >= 4 is 16.6 Å². The molecule has 0 aliphatic heterocycles. The molecule has 0 heterocycles. The predicted molar refractivity (Wildman–Crippen MR) is 62.2 cm³/mol. The van der Waals surface area contributed by atoms with Crippen molar-refractivity contribution in [3.05, 3.63) is 35.9 Å². The molecule has 0 spiro atoms. The van der Waals surface area contributed by atoms with Crippen LogP contribution in [-0.4, -0.2) is 18.0 Å². The summed E-state index contributed by atoms with van der Waals surface area (Å²) in [6, 6.07) is 9.14. The SMILES string of the molecule is COc1c(O)c(C(C)=O)cc2ccccc12. The lowest BCUT2D eigenvalue weighted by atomic mass is 10.0. The number of hydrogen-bond acceptors (Lipinski definition) is 3. The van der Waals surface area contributed by atoms with Crippen LogP contribution < -0.4 is 4.74 Å². The summed E-state index contributed by atoms with van der Waals surface area (Å²) in [6.07, 6.45) is 0. The third-order valence-corrected chi connectivity index (χ3v) is 2.56. The van der Waals surface area contributed by atoms with Crippen LogP contribution in [-0.2, 0) is 0 Å². The van der Waals surface area contributed by atoms with Gasteiger partial charge in [-0.25, -0.2) is 0 Å². The molecular formula is C13H12O3. The van der Waals surface area contributed by atoms with Crippen LogP contribution in [0.5, 0.6) is 11.5 Å². The Morgan fingerprint density at radius 2 is 2.00 bits per heavy atom. The molecule has 16 heavy (non-hydrogen) atoms. The molecule has 3 heteroatoms. The molecule has 3 nitrogen and oxygen atoms in total. The first-order valence-corrected chi connectivity index (χ1v) is 4.94. The summed E-state index contributed by atoms with van der Waals surface area (Å²) in [4.78, 5) is 11.4. The number of Topliss-reactive ketones (excluding diaryl/α,β-unsaturated/α-hetero) is 1. The summed E-state index contributed by atoms with van der Waals surface area (Å²) < 4.78 is 5.15. The molecule has 0 saturated heterocycles. The zero-order valence-electron chi connectivity index (χ0n) is 9.15. The van der Waals surface area contributed by atoms with Gasteiger partial charge in [-0.05, 0) is 18.4 Å². The van der Waals surface area contributed by atoms with Gasteiger partial charge in [-0.15, -0.1) is 0 Å². The molecule has 82 valence electrons. The maximum Gasteiger partial charge on any atom is 0.169 e. The molecule has 0 aliphatic rings. The van der Waals surface area contributed by atoms with Crippen molar-refractivity contribution in [3.8, 4) is 11.5 Å². The number of ketones is 1. The van der Waals surface area contributed by atoms with E-state index in [1.165, 1.54) is 14.0 Å². The number of carbonyl (C=O) groups is 1. The average Bonchev–Trinajstić information content (AvgIpc) is 2.28. The Morgan fingerprint density at radius 3 is 2.62 bits per heavy atom. The lowest BCUT2D eigenvalue weighted by molar-refractivity contribution is 0.101. The highest BCUT2D eigenvalue weighted by atomic mass is 16.5. The number of rotatable bonds is 2. The number of phenolic OH excluding ortho intramolecular Hbond substituents is 1. The van der Waals surface area contributed by atoms with E-state index in [1.54, 1.807) is 6.07 Å². The maximum absolute atomic E-state index is 11.4. The third kappa shape index (κ3) is 1.50. The van der Waals surface area contributed by atoms with Gasteiger partial charge < -0.3 is 9.84 Å². The highest BCUT2D eigenvalue weighted by molar-refractivity contribution is 6.04. The number of carbonyl (C=O) groups excluding carboxylic acids is 1. The fourth-order valence-corrected chi connectivity index (χ4v) is 1.78. The largest absolute Gasteiger partial charge is 0.504 e. The van der Waals surface area contributed by atoms with Crippen molar-refractivity contribution in [1.29, 1.82) is 0 Å². The number of aromatic hydroxyl groups is 1. The van der Waals surface area contributed by atoms with E-state index in [2.05, 4.69) is 0 Å². The van der Waals surface area contributed by atoms with Crippen molar-refractivity contribution in [2.24, 2.45) is 0 Å². The van der Waals surface area contributed by atoms with Gasteiger partial charge in [0.05, 0.1) is 12.7 Å². The zero-order valence-corrected chi connectivity index (χ0v) is 9.15. The van der Waals surface area contributed by atoms with Crippen LogP contribution >= 0.6 is 0 Å². The minimum absolute atomic E-state index is 0.0892. The van der Waals surface area contributed by atoms with E-state index in [0.29, 0.717) is 5.75 Å². The molecule has 0 amide bonds. The van der Waals surface area contributed by atoms with E-state index in [4.69, 9.17) is 4.74 Å². The number of fused-ring (bicyclic) bond motifs is 1. The lowest BCUT2D eigenvalue weighted by Crippen LogP contribution is -1.96. The monoisotopic (exact) mass is 216 g/mol. The second kappa shape index (κ2) is 3.85. The van der Waals surface area contributed by atoms with E-state index < -0.39 is 0 Å². The van der Waals surface area contributed by atoms with Crippen LogP contribution in [0.3, 0.4) is 0 Å². The molecule has 0 unspecified atom stereocenters. The van der Waals surface area contributed by atoms with E-state index in [9.17, 15) is 9.90 Å². The number of phenols is 1. The Kier molecular flexibility index (Phi) is 2.52. The van der Waals surface area contributed by atoms with Gasteiger partial charge in [-0.2, -0.15) is 0 Å². The average molecular weight is 216 g/mol. The molecule has 0 bridgehead atoms. The van der Waals surface area contributed by atoms with Crippen LogP contribution in [0, 0.1) is 0 Å². The summed E-state index contributed by atoms with van der Waals surface area (Å²) >= 11 is 0. The van der Waals surface area contributed by atoms with Crippen molar-refractivity contribution in [1.82, 2.24) is 0 Å². The molecular weight excluding hydrogens is 204 g/mol. The van der Waals surface area contributed by atoms with Gasteiger partial charge in [-0.1, -0.05) is 24.3 Å². The van der Waals surface area contributed by atoms with Gasteiger partial charge in [0.1, 0.15) is 0 Å². The molecule has 0 saturated carbocycles. The second-order valence-electron chi connectivity index (χ2n) is 3.58. The predicted octanol–water partition coefficient (Wildman–Crippen LogP) is 2.76. The van der Waals surface area contributed by atoms with Crippen LogP contribution in [0.4, 0.5) is 0 Å². The van der Waals surface area contributed by atoms with Crippen molar-refractivity contribution in [3.63, 3.8) is 0 Å². The van der Waals surface area contributed by atoms with Gasteiger partial charge in [0.25, 0.3) is 0 Å². The smallest absolute Gasteiger partial charge is 0.169 e. The summed E-state index contributed by atoms with van der Waals surface area (Å²) in [6.45, 7) is 1.42. The molecule has 0 aliphatic carbocycles. The van der Waals surface area contributed by atoms with Gasteiger partial charge in [0.15, 0.2) is 17.3 Å². The first kappa shape index (κ1) is 10.5. The molecule has 1 N–H and O–H groups in total. The summed E-state index contributed by atoms with van der Waals surface area (Å²) in [5.41, 5.74) is 0.288. The van der Waals surface area contributed by atoms with Crippen molar-refractivity contribution < 1.29 is 14.6 Å². The van der Waals surface area contributed by atoms with Crippen molar-refractivity contribution in [2.45, 2.75) is 6.92 Å². The number of methoxy groups -OCH3 is 1. The topological polar surface area (TPSA) is 46.5 Å². The maximum atomic E-state index is 11.4. The molecule has 0 fully saturated rings. The number of ether oxygens (including phenoxy) is 1. The molecule has 0 radical (unpaired) electrons. The van der Waals surface area contributed by atoms with E-state index in [-0.39, 0.29) is 17.1 Å². The quantitative estimate of drug-likeness (QED) is 0.785. The Morgan fingerprint density at radius 1 is 1.31 bits per heavy atom. The van der Waals surface area contributed by atoms with Gasteiger partial charge >= 0.3 is 0 Å². The van der Waals surface area contributed by atoms with E-state index in [0.717, 1.165) is 10.8 Å². The zero-order chi connectivity index (χ0) is 11.7. The van der Waals surface area contributed by atoms with Gasteiger partial charge in [-0.3, -0.25) is 4.79 Å². The summed E-state index contributed by atoms with van der Waals surface area (Å²) in [5, 5.41) is 11.6. The standard InChI is InChI=1S/C13H12O3/c1-8(14)11-7-9-5-3-4-6-10(9)13(16-2)12(11)15/h3-7,15H,1-2H3. The second-order valence-corrected chi connectivity index (χ2v) is 3.58. The summed E-state index contributed by atoms with van der Waals surface area (Å²) in [5.74, 6) is 0.0820. The number of benzene rings is 2. The minimum Gasteiger partial charge on any atom is -0.504 e. The normalized spacial score (nSPS) is 10.4. The number of hydrogen-bond donors (Lipinski definition) is 1.